The first kappa shape index (κ1) is 17.2. The van der Waals surface area contributed by atoms with E-state index in [-0.39, 0.29) is 23.1 Å². The van der Waals surface area contributed by atoms with Crippen molar-refractivity contribution in [2.75, 3.05) is 18.0 Å². The number of carbonyl (C=O) groups excluding carboxylic acids is 1. The van der Waals surface area contributed by atoms with Crippen LogP contribution in [0.1, 0.15) is 23.2 Å². The number of rotatable bonds is 3. The molecule has 0 saturated carbocycles. The molecular weight excluding hydrogens is 342 g/mol. The Hall–Kier alpha value is -3.22. The van der Waals surface area contributed by atoms with Crippen LogP contribution in [0.5, 0.6) is 0 Å². The molecule has 3 heterocycles. The number of nitrogens with one attached hydrogen (secondary N) is 1. The maximum Gasteiger partial charge on any atom is 0.263 e. The normalized spacial score (nSPS) is 15.1. The molecule has 1 aromatic carbocycles. The van der Waals surface area contributed by atoms with Crippen molar-refractivity contribution in [3.05, 3.63) is 64.8 Å². The highest BCUT2D eigenvalue weighted by atomic mass is 16.2. The standard InChI is InChI=1S/C20H21N5O2/c1-24-17-5-3-2-4-14(17)12-16(20(24)27)19(26)23-15-6-10-25(11-7-15)18-13-21-8-9-22-18/h2-5,8-9,12-13,15H,6-7,10-11H2,1H3,(H,23,26). The van der Waals surface area contributed by atoms with Gasteiger partial charge in [-0.1, -0.05) is 18.2 Å². The fourth-order valence-electron chi connectivity index (χ4n) is 3.56. The number of pyridine rings is 1. The van der Waals surface area contributed by atoms with Crippen LogP contribution in [0, 0.1) is 0 Å². The highest BCUT2D eigenvalue weighted by Crippen LogP contribution is 2.17. The molecule has 7 nitrogen and oxygen atoms in total. The lowest BCUT2D eigenvalue weighted by Crippen LogP contribution is -2.46. The summed E-state index contributed by atoms with van der Waals surface area (Å²) in [7, 11) is 1.70. The summed E-state index contributed by atoms with van der Waals surface area (Å²) in [6.07, 6.45) is 6.68. The minimum atomic E-state index is -0.306. The molecule has 4 rings (SSSR count). The van der Waals surface area contributed by atoms with Crippen LogP contribution in [0.3, 0.4) is 0 Å². The minimum Gasteiger partial charge on any atom is -0.355 e. The van der Waals surface area contributed by atoms with Gasteiger partial charge in [-0.3, -0.25) is 14.6 Å². The number of para-hydroxylation sites is 1. The van der Waals surface area contributed by atoms with E-state index < -0.39 is 0 Å². The quantitative estimate of drug-likeness (QED) is 0.767. The van der Waals surface area contributed by atoms with Gasteiger partial charge in [0.05, 0.1) is 11.7 Å². The third-order valence-electron chi connectivity index (χ3n) is 5.08. The summed E-state index contributed by atoms with van der Waals surface area (Å²) in [5.41, 5.74) is 0.729. The maximum absolute atomic E-state index is 12.7. The first-order valence-electron chi connectivity index (χ1n) is 9.04. The summed E-state index contributed by atoms with van der Waals surface area (Å²) in [6.45, 7) is 1.58. The van der Waals surface area contributed by atoms with Gasteiger partial charge in [0, 0.05) is 38.6 Å². The zero-order valence-electron chi connectivity index (χ0n) is 15.1. The highest BCUT2D eigenvalue weighted by Gasteiger charge is 2.23. The molecule has 2 aromatic heterocycles. The van der Waals surface area contributed by atoms with Crippen molar-refractivity contribution in [2.45, 2.75) is 18.9 Å². The Morgan fingerprint density at radius 1 is 1.19 bits per heavy atom. The van der Waals surface area contributed by atoms with Gasteiger partial charge in [-0.2, -0.15) is 0 Å². The van der Waals surface area contributed by atoms with Gasteiger partial charge < -0.3 is 14.8 Å². The Morgan fingerprint density at radius 2 is 1.96 bits per heavy atom. The monoisotopic (exact) mass is 363 g/mol. The van der Waals surface area contributed by atoms with Crippen molar-refractivity contribution in [1.82, 2.24) is 19.9 Å². The molecule has 1 fully saturated rings. The van der Waals surface area contributed by atoms with Crippen LogP contribution in [-0.2, 0) is 7.05 Å². The van der Waals surface area contributed by atoms with Gasteiger partial charge in [-0.05, 0) is 30.4 Å². The van der Waals surface area contributed by atoms with E-state index in [2.05, 4.69) is 20.2 Å². The van der Waals surface area contributed by atoms with Crippen molar-refractivity contribution in [3.8, 4) is 0 Å². The van der Waals surface area contributed by atoms with Crippen LogP contribution in [0.2, 0.25) is 0 Å². The van der Waals surface area contributed by atoms with Crippen molar-refractivity contribution in [3.63, 3.8) is 0 Å². The molecular formula is C20H21N5O2. The highest BCUT2D eigenvalue weighted by molar-refractivity contribution is 5.97. The van der Waals surface area contributed by atoms with Gasteiger partial charge in [0.1, 0.15) is 11.4 Å². The topological polar surface area (TPSA) is 80.1 Å². The fraction of sp³-hybridized carbons (Fsp3) is 0.300. The van der Waals surface area contributed by atoms with E-state index in [0.717, 1.165) is 42.7 Å². The van der Waals surface area contributed by atoms with E-state index in [1.165, 1.54) is 4.57 Å². The number of anilines is 1. The Bertz CT molecular complexity index is 1020. The summed E-state index contributed by atoms with van der Waals surface area (Å²) in [5.74, 6) is 0.546. The van der Waals surface area contributed by atoms with E-state index in [9.17, 15) is 9.59 Å². The Labute approximate surface area is 156 Å². The van der Waals surface area contributed by atoms with E-state index in [4.69, 9.17) is 0 Å². The smallest absolute Gasteiger partial charge is 0.263 e. The summed E-state index contributed by atoms with van der Waals surface area (Å²) >= 11 is 0. The average molecular weight is 363 g/mol. The number of amides is 1. The molecule has 1 aliphatic rings. The third-order valence-corrected chi connectivity index (χ3v) is 5.08. The Morgan fingerprint density at radius 3 is 2.70 bits per heavy atom. The number of aryl methyl sites for hydroxylation is 1. The van der Waals surface area contributed by atoms with Crippen molar-refractivity contribution >= 4 is 22.6 Å². The minimum absolute atomic E-state index is 0.0431. The summed E-state index contributed by atoms with van der Waals surface area (Å²) in [5, 5.41) is 3.90. The number of aromatic nitrogens is 3. The molecule has 27 heavy (non-hydrogen) atoms. The molecule has 1 N–H and O–H groups in total. The summed E-state index contributed by atoms with van der Waals surface area (Å²) in [6, 6.07) is 9.29. The Balaban J connectivity index is 1.47. The van der Waals surface area contributed by atoms with Gasteiger partial charge in [0.15, 0.2) is 0 Å². The molecule has 1 aliphatic heterocycles. The maximum atomic E-state index is 12.7. The van der Waals surface area contributed by atoms with E-state index >= 15 is 0 Å². The zero-order valence-corrected chi connectivity index (χ0v) is 15.1. The number of hydrogen-bond acceptors (Lipinski definition) is 5. The van der Waals surface area contributed by atoms with Crippen LogP contribution in [0.25, 0.3) is 10.9 Å². The summed E-state index contributed by atoms with van der Waals surface area (Å²) in [4.78, 5) is 35.9. The molecule has 0 atom stereocenters. The second kappa shape index (κ2) is 7.19. The largest absolute Gasteiger partial charge is 0.355 e. The average Bonchev–Trinajstić information content (AvgIpc) is 2.72. The van der Waals surface area contributed by atoms with E-state index in [1.54, 1.807) is 31.7 Å². The van der Waals surface area contributed by atoms with Gasteiger partial charge in [0.25, 0.3) is 11.5 Å². The second-order valence-corrected chi connectivity index (χ2v) is 6.78. The van der Waals surface area contributed by atoms with E-state index in [0.29, 0.717) is 0 Å². The molecule has 0 aliphatic carbocycles. The molecule has 0 spiro atoms. The van der Waals surface area contributed by atoms with Gasteiger partial charge >= 0.3 is 0 Å². The number of hydrogen-bond donors (Lipinski definition) is 1. The van der Waals surface area contributed by atoms with E-state index in [1.807, 2.05) is 24.3 Å². The van der Waals surface area contributed by atoms with Crippen LogP contribution >= 0.6 is 0 Å². The fourth-order valence-corrected chi connectivity index (χ4v) is 3.56. The lowest BCUT2D eigenvalue weighted by Gasteiger charge is -2.32. The molecule has 3 aromatic rings. The predicted molar refractivity (Wildman–Crippen MR) is 104 cm³/mol. The molecule has 0 unspecified atom stereocenters. The summed E-state index contributed by atoms with van der Waals surface area (Å²) < 4.78 is 1.53. The predicted octanol–water partition coefficient (Wildman–Crippen LogP) is 1.73. The number of fused-ring (bicyclic) bond motifs is 1. The van der Waals surface area contributed by atoms with Crippen LogP contribution in [0.15, 0.2) is 53.7 Å². The van der Waals surface area contributed by atoms with Crippen molar-refractivity contribution < 1.29 is 4.79 Å². The lowest BCUT2D eigenvalue weighted by atomic mass is 10.0. The first-order chi connectivity index (χ1) is 13.1. The molecule has 0 radical (unpaired) electrons. The molecule has 1 saturated heterocycles. The number of carbonyl (C=O) groups is 1. The first-order valence-corrected chi connectivity index (χ1v) is 9.04. The second-order valence-electron chi connectivity index (χ2n) is 6.78. The third kappa shape index (κ3) is 3.40. The number of piperidine rings is 1. The molecule has 0 bridgehead atoms. The number of benzene rings is 1. The zero-order chi connectivity index (χ0) is 18.8. The van der Waals surface area contributed by atoms with Gasteiger partial charge in [-0.15, -0.1) is 0 Å². The van der Waals surface area contributed by atoms with Crippen molar-refractivity contribution in [1.29, 1.82) is 0 Å². The van der Waals surface area contributed by atoms with Gasteiger partial charge in [0.2, 0.25) is 0 Å². The Kier molecular flexibility index (Phi) is 4.58. The van der Waals surface area contributed by atoms with Crippen LogP contribution in [0.4, 0.5) is 5.82 Å². The lowest BCUT2D eigenvalue weighted by molar-refractivity contribution is 0.0929. The van der Waals surface area contributed by atoms with Crippen LogP contribution < -0.4 is 15.8 Å². The number of nitrogens with zero attached hydrogens (tertiary/aromatic N) is 4. The van der Waals surface area contributed by atoms with Gasteiger partial charge in [-0.25, -0.2) is 4.98 Å². The molecule has 138 valence electrons. The molecule has 7 heteroatoms. The van der Waals surface area contributed by atoms with Crippen LogP contribution in [-0.4, -0.2) is 39.6 Å². The molecule has 1 amide bonds. The van der Waals surface area contributed by atoms with Crippen molar-refractivity contribution in [2.24, 2.45) is 7.05 Å². The SMILES string of the molecule is Cn1c(=O)c(C(=O)NC2CCN(c3cnccn3)CC2)cc2ccccc21.